The summed E-state index contributed by atoms with van der Waals surface area (Å²) in [7, 11) is 0. The molecule has 0 fully saturated rings. The Bertz CT molecular complexity index is 248. The molecule has 1 aromatic carbocycles. The molecule has 0 atom stereocenters. The highest BCUT2D eigenvalue weighted by Gasteiger charge is 1.99. The molecule has 0 aliphatic carbocycles. The second-order valence-electron chi connectivity index (χ2n) is 3.00. The Hall–Kier alpha value is -0.890. The SMILES string of the molecule is CCCCOCc1ccccc1F. The van der Waals surface area contributed by atoms with Crippen molar-refractivity contribution >= 4 is 0 Å². The predicted molar refractivity (Wildman–Crippen MR) is 51.0 cm³/mol. The molecule has 13 heavy (non-hydrogen) atoms. The van der Waals surface area contributed by atoms with Crippen LogP contribution in [0.3, 0.4) is 0 Å². The molecule has 72 valence electrons. The van der Waals surface area contributed by atoms with Crippen LogP contribution >= 0.6 is 0 Å². The molecular formula is C11H15FO. The van der Waals surface area contributed by atoms with Gasteiger partial charge >= 0.3 is 0 Å². The Kier molecular flexibility index (Phi) is 4.47. The van der Waals surface area contributed by atoms with Gasteiger partial charge < -0.3 is 4.74 Å². The molecule has 0 amide bonds. The van der Waals surface area contributed by atoms with E-state index in [1.165, 1.54) is 6.07 Å². The molecule has 0 spiro atoms. The van der Waals surface area contributed by atoms with Crippen molar-refractivity contribution in [1.82, 2.24) is 0 Å². The first-order valence-electron chi connectivity index (χ1n) is 4.65. The third-order valence-electron chi connectivity index (χ3n) is 1.86. The lowest BCUT2D eigenvalue weighted by Crippen LogP contribution is -1.97. The summed E-state index contributed by atoms with van der Waals surface area (Å²) in [5.74, 6) is -0.181. The molecule has 0 aromatic heterocycles. The van der Waals surface area contributed by atoms with E-state index in [-0.39, 0.29) is 5.82 Å². The fourth-order valence-corrected chi connectivity index (χ4v) is 1.04. The van der Waals surface area contributed by atoms with Gasteiger partial charge in [-0.1, -0.05) is 31.5 Å². The Morgan fingerprint density at radius 1 is 1.31 bits per heavy atom. The molecule has 2 heteroatoms. The van der Waals surface area contributed by atoms with Crippen molar-refractivity contribution in [3.8, 4) is 0 Å². The van der Waals surface area contributed by atoms with Crippen molar-refractivity contribution in [2.45, 2.75) is 26.4 Å². The summed E-state index contributed by atoms with van der Waals surface area (Å²) in [6, 6.07) is 6.71. The molecule has 0 N–H and O–H groups in total. The van der Waals surface area contributed by atoms with Gasteiger partial charge in [-0.15, -0.1) is 0 Å². The van der Waals surface area contributed by atoms with E-state index < -0.39 is 0 Å². The van der Waals surface area contributed by atoms with Gasteiger partial charge in [0.25, 0.3) is 0 Å². The summed E-state index contributed by atoms with van der Waals surface area (Å²) in [5.41, 5.74) is 0.638. The Morgan fingerprint density at radius 3 is 2.77 bits per heavy atom. The first-order chi connectivity index (χ1) is 6.34. The van der Waals surface area contributed by atoms with Crippen molar-refractivity contribution < 1.29 is 9.13 Å². The maximum Gasteiger partial charge on any atom is 0.128 e. The fraction of sp³-hybridized carbons (Fsp3) is 0.455. The standard InChI is InChI=1S/C11H15FO/c1-2-3-8-13-9-10-6-4-5-7-11(10)12/h4-7H,2-3,8-9H2,1H3. The van der Waals surface area contributed by atoms with Crippen LogP contribution in [-0.2, 0) is 11.3 Å². The highest BCUT2D eigenvalue weighted by molar-refractivity contribution is 5.16. The van der Waals surface area contributed by atoms with E-state index in [1.54, 1.807) is 12.1 Å². The van der Waals surface area contributed by atoms with Crippen LogP contribution in [0.5, 0.6) is 0 Å². The molecule has 1 rings (SSSR count). The summed E-state index contributed by atoms with van der Waals surface area (Å²) < 4.78 is 18.3. The van der Waals surface area contributed by atoms with E-state index in [9.17, 15) is 4.39 Å². The number of benzene rings is 1. The molecule has 0 bridgehead atoms. The van der Waals surface area contributed by atoms with Gasteiger partial charge in [-0.25, -0.2) is 4.39 Å². The van der Waals surface area contributed by atoms with Crippen molar-refractivity contribution in [1.29, 1.82) is 0 Å². The van der Waals surface area contributed by atoms with Gasteiger partial charge in [0.1, 0.15) is 5.82 Å². The third kappa shape index (κ3) is 3.55. The monoisotopic (exact) mass is 182 g/mol. The van der Waals surface area contributed by atoms with E-state index in [1.807, 2.05) is 6.07 Å². The minimum atomic E-state index is -0.181. The lowest BCUT2D eigenvalue weighted by molar-refractivity contribution is 0.116. The number of rotatable bonds is 5. The second-order valence-corrected chi connectivity index (χ2v) is 3.00. The third-order valence-corrected chi connectivity index (χ3v) is 1.86. The first kappa shape index (κ1) is 10.2. The van der Waals surface area contributed by atoms with Crippen molar-refractivity contribution in [2.75, 3.05) is 6.61 Å². The second kappa shape index (κ2) is 5.70. The quantitative estimate of drug-likeness (QED) is 0.635. The van der Waals surface area contributed by atoms with Crippen LogP contribution in [0.1, 0.15) is 25.3 Å². The zero-order valence-corrected chi connectivity index (χ0v) is 7.92. The minimum absolute atomic E-state index is 0.181. The Labute approximate surface area is 78.5 Å². The Morgan fingerprint density at radius 2 is 2.08 bits per heavy atom. The van der Waals surface area contributed by atoms with E-state index in [0.29, 0.717) is 18.8 Å². The van der Waals surface area contributed by atoms with Crippen molar-refractivity contribution in [3.05, 3.63) is 35.6 Å². The molecule has 0 aliphatic rings. The molecule has 0 heterocycles. The van der Waals surface area contributed by atoms with Gasteiger partial charge in [0, 0.05) is 12.2 Å². The summed E-state index contributed by atoms with van der Waals surface area (Å²) in [6.45, 7) is 3.20. The van der Waals surface area contributed by atoms with E-state index >= 15 is 0 Å². The van der Waals surface area contributed by atoms with Gasteiger partial charge in [0.15, 0.2) is 0 Å². The lowest BCUT2D eigenvalue weighted by Gasteiger charge is -2.03. The van der Waals surface area contributed by atoms with Crippen molar-refractivity contribution in [2.24, 2.45) is 0 Å². The molecule has 1 aromatic rings. The van der Waals surface area contributed by atoms with Gasteiger partial charge in [-0.3, -0.25) is 0 Å². The summed E-state index contributed by atoms with van der Waals surface area (Å²) >= 11 is 0. The van der Waals surface area contributed by atoms with Crippen LogP contribution in [0.2, 0.25) is 0 Å². The molecule has 0 aliphatic heterocycles. The van der Waals surface area contributed by atoms with Gasteiger partial charge in [0.05, 0.1) is 6.61 Å². The van der Waals surface area contributed by atoms with E-state index in [4.69, 9.17) is 4.74 Å². The van der Waals surface area contributed by atoms with Gasteiger partial charge in [-0.05, 0) is 12.5 Å². The van der Waals surface area contributed by atoms with Crippen LogP contribution < -0.4 is 0 Å². The smallest absolute Gasteiger partial charge is 0.128 e. The largest absolute Gasteiger partial charge is 0.377 e. The van der Waals surface area contributed by atoms with Crippen LogP contribution in [0.4, 0.5) is 4.39 Å². The maximum absolute atomic E-state index is 13.0. The van der Waals surface area contributed by atoms with E-state index in [2.05, 4.69) is 6.92 Å². The molecule has 0 saturated carbocycles. The zero-order valence-electron chi connectivity index (χ0n) is 7.92. The van der Waals surface area contributed by atoms with Crippen LogP contribution in [-0.4, -0.2) is 6.61 Å². The number of hydrogen-bond donors (Lipinski definition) is 0. The minimum Gasteiger partial charge on any atom is -0.377 e. The lowest BCUT2D eigenvalue weighted by atomic mass is 10.2. The molecular weight excluding hydrogens is 167 g/mol. The summed E-state index contributed by atoms with van der Waals surface area (Å²) in [5, 5.41) is 0. The highest BCUT2D eigenvalue weighted by atomic mass is 19.1. The topological polar surface area (TPSA) is 9.23 Å². The molecule has 0 saturated heterocycles. The van der Waals surface area contributed by atoms with E-state index in [0.717, 1.165) is 12.8 Å². The number of unbranched alkanes of at least 4 members (excludes halogenated alkanes) is 1. The number of ether oxygens (including phenoxy) is 1. The average Bonchev–Trinajstić information content (AvgIpc) is 2.15. The van der Waals surface area contributed by atoms with Crippen molar-refractivity contribution in [3.63, 3.8) is 0 Å². The van der Waals surface area contributed by atoms with Crippen LogP contribution in [0.25, 0.3) is 0 Å². The van der Waals surface area contributed by atoms with Crippen LogP contribution in [0, 0.1) is 5.82 Å². The zero-order chi connectivity index (χ0) is 9.52. The normalized spacial score (nSPS) is 10.3. The predicted octanol–water partition coefficient (Wildman–Crippen LogP) is 3.14. The number of hydrogen-bond acceptors (Lipinski definition) is 1. The molecule has 1 nitrogen and oxygen atoms in total. The van der Waals surface area contributed by atoms with Crippen LogP contribution in [0.15, 0.2) is 24.3 Å². The fourth-order valence-electron chi connectivity index (χ4n) is 1.04. The highest BCUT2D eigenvalue weighted by Crippen LogP contribution is 2.07. The Balaban J connectivity index is 2.32. The van der Waals surface area contributed by atoms with Gasteiger partial charge in [0.2, 0.25) is 0 Å². The molecule has 0 unspecified atom stereocenters. The maximum atomic E-state index is 13.0. The first-order valence-corrected chi connectivity index (χ1v) is 4.65. The number of halogens is 1. The molecule has 0 radical (unpaired) electrons. The summed E-state index contributed by atoms with van der Waals surface area (Å²) in [4.78, 5) is 0. The average molecular weight is 182 g/mol. The summed E-state index contributed by atoms with van der Waals surface area (Å²) in [6.07, 6.45) is 2.14. The van der Waals surface area contributed by atoms with Gasteiger partial charge in [-0.2, -0.15) is 0 Å².